The van der Waals surface area contributed by atoms with Crippen LogP contribution in [0, 0.1) is 0 Å². The maximum Gasteiger partial charge on any atom is 0.267 e. The molecule has 0 atom stereocenters. The minimum absolute atomic E-state index is 0.110. The Morgan fingerprint density at radius 2 is 2.15 bits per heavy atom. The van der Waals surface area contributed by atoms with Gasteiger partial charge in [0.2, 0.25) is 0 Å². The van der Waals surface area contributed by atoms with Crippen LogP contribution in [0.5, 0.6) is 5.75 Å². The van der Waals surface area contributed by atoms with Gasteiger partial charge in [0.05, 0.1) is 7.11 Å². The Morgan fingerprint density at radius 1 is 1.45 bits per heavy atom. The summed E-state index contributed by atoms with van der Waals surface area (Å²) in [5.41, 5.74) is 5.97. The van der Waals surface area contributed by atoms with Crippen LogP contribution in [0.4, 0.5) is 0 Å². The van der Waals surface area contributed by atoms with E-state index in [1.54, 1.807) is 7.11 Å². The standard InChI is InChI=1S/C15H24N2O2S/c1-3-9-17(12-6-4-11(16)5-7-12)15(18)14-13(19-2)8-10-20-14/h8,10-12H,3-7,9,16H2,1-2H3. The van der Waals surface area contributed by atoms with E-state index in [0.29, 0.717) is 17.8 Å². The van der Waals surface area contributed by atoms with Crippen molar-refractivity contribution in [3.63, 3.8) is 0 Å². The predicted molar refractivity (Wildman–Crippen MR) is 82.4 cm³/mol. The first-order chi connectivity index (χ1) is 9.67. The molecule has 20 heavy (non-hydrogen) atoms. The van der Waals surface area contributed by atoms with E-state index in [4.69, 9.17) is 10.5 Å². The third-order valence-corrected chi connectivity index (χ3v) is 4.83. The van der Waals surface area contributed by atoms with Crippen molar-refractivity contribution in [3.8, 4) is 5.75 Å². The Labute approximate surface area is 124 Å². The molecule has 1 heterocycles. The van der Waals surface area contributed by atoms with Crippen molar-refractivity contribution in [2.75, 3.05) is 13.7 Å². The number of nitrogens with zero attached hydrogens (tertiary/aromatic N) is 1. The van der Waals surface area contributed by atoms with Gasteiger partial charge in [-0.3, -0.25) is 4.79 Å². The van der Waals surface area contributed by atoms with Gasteiger partial charge in [0.1, 0.15) is 10.6 Å². The Balaban J connectivity index is 2.13. The van der Waals surface area contributed by atoms with Crippen LogP contribution in [-0.2, 0) is 0 Å². The van der Waals surface area contributed by atoms with Gasteiger partial charge in [-0.15, -0.1) is 11.3 Å². The lowest BCUT2D eigenvalue weighted by molar-refractivity contribution is 0.0629. The summed E-state index contributed by atoms with van der Waals surface area (Å²) in [4.78, 5) is 15.5. The van der Waals surface area contributed by atoms with Crippen molar-refractivity contribution in [2.45, 2.75) is 51.1 Å². The highest BCUT2D eigenvalue weighted by atomic mass is 32.1. The number of carbonyl (C=O) groups is 1. The zero-order valence-corrected chi connectivity index (χ0v) is 13.1. The molecule has 1 amide bonds. The van der Waals surface area contributed by atoms with Crippen molar-refractivity contribution in [1.29, 1.82) is 0 Å². The van der Waals surface area contributed by atoms with Crippen LogP contribution in [0.2, 0.25) is 0 Å². The highest BCUT2D eigenvalue weighted by Gasteiger charge is 2.29. The molecule has 1 fully saturated rings. The van der Waals surface area contributed by atoms with E-state index in [-0.39, 0.29) is 5.91 Å². The van der Waals surface area contributed by atoms with Crippen LogP contribution in [0.1, 0.15) is 48.7 Å². The van der Waals surface area contributed by atoms with Crippen LogP contribution in [-0.4, -0.2) is 36.5 Å². The van der Waals surface area contributed by atoms with Gasteiger partial charge in [0.25, 0.3) is 5.91 Å². The fourth-order valence-electron chi connectivity index (χ4n) is 2.85. The summed E-state index contributed by atoms with van der Waals surface area (Å²) in [5.74, 6) is 0.799. The van der Waals surface area contributed by atoms with Gasteiger partial charge in [-0.2, -0.15) is 0 Å². The van der Waals surface area contributed by atoms with Crippen LogP contribution in [0.15, 0.2) is 11.4 Å². The largest absolute Gasteiger partial charge is 0.495 e. The smallest absolute Gasteiger partial charge is 0.267 e. The summed E-state index contributed by atoms with van der Waals surface area (Å²) >= 11 is 1.46. The van der Waals surface area contributed by atoms with Gasteiger partial charge in [0.15, 0.2) is 0 Å². The number of amides is 1. The number of hydrogen-bond donors (Lipinski definition) is 1. The number of ether oxygens (including phenoxy) is 1. The highest BCUT2D eigenvalue weighted by molar-refractivity contribution is 7.12. The van der Waals surface area contributed by atoms with E-state index >= 15 is 0 Å². The first-order valence-electron chi connectivity index (χ1n) is 7.35. The lowest BCUT2D eigenvalue weighted by atomic mass is 9.90. The first-order valence-corrected chi connectivity index (χ1v) is 8.23. The molecule has 1 aromatic rings. The third kappa shape index (κ3) is 3.33. The van der Waals surface area contributed by atoms with Gasteiger partial charge >= 0.3 is 0 Å². The van der Waals surface area contributed by atoms with Crippen LogP contribution in [0.3, 0.4) is 0 Å². The normalized spacial score (nSPS) is 22.6. The lowest BCUT2D eigenvalue weighted by Gasteiger charge is -2.36. The molecule has 4 nitrogen and oxygen atoms in total. The number of nitrogens with two attached hydrogens (primary N) is 1. The molecule has 0 bridgehead atoms. The van der Waals surface area contributed by atoms with E-state index in [0.717, 1.165) is 43.5 Å². The van der Waals surface area contributed by atoms with Crippen molar-refractivity contribution < 1.29 is 9.53 Å². The molecule has 0 radical (unpaired) electrons. The summed E-state index contributed by atoms with van der Waals surface area (Å²) in [5, 5.41) is 1.91. The van der Waals surface area contributed by atoms with Gasteiger partial charge in [0, 0.05) is 18.6 Å². The van der Waals surface area contributed by atoms with E-state index in [9.17, 15) is 4.79 Å². The average Bonchev–Trinajstić information content (AvgIpc) is 2.93. The lowest BCUT2D eigenvalue weighted by Crippen LogP contribution is -2.44. The molecule has 0 aromatic carbocycles. The second-order valence-corrected chi connectivity index (χ2v) is 6.30. The molecule has 1 aromatic heterocycles. The highest BCUT2D eigenvalue weighted by Crippen LogP contribution is 2.29. The minimum Gasteiger partial charge on any atom is -0.495 e. The van der Waals surface area contributed by atoms with Crippen LogP contribution >= 0.6 is 11.3 Å². The van der Waals surface area contributed by atoms with E-state index < -0.39 is 0 Å². The van der Waals surface area contributed by atoms with Gasteiger partial charge in [-0.05, 0) is 43.6 Å². The Kier molecular flexibility index (Phi) is 5.43. The Bertz CT molecular complexity index is 439. The average molecular weight is 296 g/mol. The summed E-state index contributed by atoms with van der Waals surface area (Å²) in [6, 6.07) is 2.49. The zero-order valence-electron chi connectivity index (χ0n) is 12.3. The molecular formula is C15H24N2O2S. The molecular weight excluding hydrogens is 272 g/mol. The van der Waals surface area contributed by atoms with E-state index in [2.05, 4.69) is 6.92 Å². The van der Waals surface area contributed by atoms with Crippen LogP contribution < -0.4 is 10.5 Å². The maximum atomic E-state index is 12.8. The molecule has 5 heteroatoms. The quantitative estimate of drug-likeness (QED) is 0.909. The first kappa shape index (κ1) is 15.3. The van der Waals surface area contributed by atoms with Crippen molar-refractivity contribution in [2.24, 2.45) is 5.73 Å². The second-order valence-electron chi connectivity index (χ2n) is 5.39. The SMILES string of the molecule is CCCN(C(=O)c1sccc1OC)C1CCC(N)CC1. The fraction of sp³-hybridized carbons (Fsp3) is 0.667. The van der Waals surface area contributed by atoms with Crippen LogP contribution in [0.25, 0.3) is 0 Å². The van der Waals surface area contributed by atoms with Crippen molar-refractivity contribution in [1.82, 2.24) is 4.90 Å². The van der Waals surface area contributed by atoms with Gasteiger partial charge in [-0.1, -0.05) is 6.92 Å². The molecule has 0 unspecified atom stereocenters. The third-order valence-electron chi connectivity index (χ3n) is 3.95. The Hall–Kier alpha value is -1.07. The molecule has 1 saturated carbocycles. The summed E-state index contributed by atoms with van der Waals surface area (Å²) in [6.45, 7) is 2.92. The predicted octanol–water partition coefficient (Wildman–Crippen LogP) is 2.88. The molecule has 2 N–H and O–H groups in total. The molecule has 0 aliphatic heterocycles. The number of methoxy groups -OCH3 is 1. The monoisotopic (exact) mass is 296 g/mol. The topological polar surface area (TPSA) is 55.6 Å². The molecule has 1 aliphatic rings. The fourth-order valence-corrected chi connectivity index (χ4v) is 3.66. The maximum absolute atomic E-state index is 12.8. The number of thiophene rings is 1. The van der Waals surface area contributed by atoms with E-state index in [1.165, 1.54) is 11.3 Å². The molecule has 1 aliphatic carbocycles. The van der Waals surface area contributed by atoms with Gasteiger partial charge < -0.3 is 15.4 Å². The summed E-state index contributed by atoms with van der Waals surface area (Å²) < 4.78 is 5.28. The Morgan fingerprint density at radius 3 is 2.75 bits per heavy atom. The second kappa shape index (κ2) is 7.09. The minimum atomic E-state index is 0.110. The number of rotatable bonds is 5. The molecule has 2 rings (SSSR count). The molecule has 0 saturated heterocycles. The number of carbonyl (C=O) groups excluding carboxylic acids is 1. The van der Waals surface area contributed by atoms with E-state index in [1.807, 2.05) is 16.3 Å². The van der Waals surface area contributed by atoms with Gasteiger partial charge in [-0.25, -0.2) is 0 Å². The molecule has 0 spiro atoms. The molecule has 112 valence electrons. The van der Waals surface area contributed by atoms with Crippen molar-refractivity contribution >= 4 is 17.2 Å². The summed E-state index contributed by atoms with van der Waals surface area (Å²) in [7, 11) is 1.61. The van der Waals surface area contributed by atoms with Crippen molar-refractivity contribution in [3.05, 3.63) is 16.3 Å². The summed E-state index contributed by atoms with van der Waals surface area (Å²) in [6.07, 6.45) is 5.03. The zero-order chi connectivity index (χ0) is 14.5. The number of hydrogen-bond acceptors (Lipinski definition) is 4.